The molecule has 0 saturated carbocycles. The average Bonchev–Trinajstić information content (AvgIpc) is 2.70. The summed E-state index contributed by atoms with van der Waals surface area (Å²) in [4.78, 5) is 11.5. The Hall–Kier alpha value is -1.19. The highest BCUT2D eigenvalue weighted by Gasteiger charge is 2.27. The first-order valence-electron chi connectivity index (χ1n) is 4.48. The fourth-order valence-electron chi connectivity index (χ4n) is 1.94. The molecule has 3 heteroatoms. The van der Waals surface area contributed by atoms with Gasteiger partial charge in [-0.1, -0.05) is 0 Å². The van der Waals surface area contributed by atoms with E-state index >= 15 is 0 Å². The molecule has 0 spiro atoms. The molecule has 1 unspecified atom stereocenters. The van der Waals surface area contributed by atoms with Crippen molar-refractivity contribution in [2.45, 2.75) is 12.5 Å². The third kappa shape index (κ3) is 0.966. The molecule has 2 aromatic rings. The number of rotatable bonds is 0. The SMILES string of the molecule is O=C1CC(O)c2cc3sccc3cc21. The lowest BCUT2D eigenvalue weighted by molar-refractivity contribution is 0.0930. The van der Waals surface area contributed by atoms with Crippen LogP contribution in [-0.2, 0) is 0 Å². The second-order valence-electron chi connectivity index (χ2n) is 3.54. The van der Waals surface area contributed by atoms with E-state index in [4.69, 9.17) is 0 Å². The van der Waals surface area contributed by atoms with Crippen LogP contribution in [0, 0.1) is 0 Å². The van der Waals surface area contributed by atoms with Crippen LogP contribution < -0.4 is 0 Å². The molecule has 0 fully saturated rings. The van der Waals surface area contributed by atoms with Gasteiger partial charge in [-0.2, -0.15) is 0 Å². The van der Waals surface area contributed by atoms with Crippen molar-refractivity contribution in [1.29, 1.82) is 0 Å². The van der Waals surface area contributed by atoms with E-state index in [1.807, 2.05) is 23.6 Å². The highest BCUT2D eigenvalue weighted by molar-refractivity contribution is 7.17. The molecule has 0 saturated heterocycles. The third-order valence-electron chi connectivity index (χ3n) is 2.66. The van der Waals surface area contributed by atoms with Crippen LogP contribution in [-0.4, -0.2) is 10.9 Å². The number of carbonyl (C=O) groups is 1. The molecule has 1 aromatic heterocycles. The summed E-state index contributed by atoms with van der Waals surface area (Å²) in [5.41, 5.74) is 1.49. The fourth-order valence-corrected chi connectivity index (χ4v) is 2.76. The third-order valence-corrected chi connectivity index (χ3v) is 3.54. The van der Waals surface area contributed by atoms with Crippen molar-refractivity contribution < 1.29 is 9.90 Å². The fraction of sp³-hybridized carbons (Fsp3) is 0.182. The number of fused-ring (bicyclic) bond motifs is 2. The van der Waals surface area contributed by atoms with Gasteiger partial charge in [0.15, 0.2) is 5.78 Å². The molecule has 1 heterocycles. The molecule has 0 bridgehead atoms. The van der Waals surface area contributed by atoms with Gasteiger partial charge in [0.1, 0.15) is 0 Å². The van der Waals surface area contributed by atoms with Gasteiger partial charge in [-0.25, -0.2) is 0 Å². The number of hydrogen-bond donors (Lipinski definition) is 1. The van der Waals surface area contributed by atoms with Crippen LogP contribution in [0.5, 0.6) is 0 Å². The van der Waals surface area contributed by atoms with Crippen molar-refractivity contribution in [3.63, 3.8) is 0 Å². The highest BCUT2D eigenvalue weighted by atomic mass is 32.1. The first-order valence-corrected chi connectivity index (χ1v) is 5.36. The minimum absolute atomic E-state index is 0.0561. The Bertz CT molecular complexity index is 527. The van der Waals surface area contributed by atoms with Crippen LogP contribution in [0.4, 0.5) is 0 Å². The molecular weight excluding hydrogens is 196 g/mol. The molecule has 1 atom stereocenters. The van der Waals surface area contributed by atoms with Gasteiger partial charge >= 0.3 is 0 Å². The number of carbonyl (C=O) groups excluding carboxylic acids is 1. The van der Waals surface area contributed by atoms with Crippen molar-refractivity contribution >= 4 is 27.2 Å². The second kappa shape index (κ2) is 2.65. The Balaban J connectivity index is 2.37. The van der Waals surface area contributed by atoms with E-state index in [-0.39, 0.29) is 12.2 Å². The zero-order chi connectivity index (χ0) is 9.71. The minimum atomic E-state index is -0.594. The monoisotopic (exact) mass is 204 g/mol. The van der Waals surface area contributed by atoms with Crippen LogP contribution >= 0.6 is 11.3 Å². The molecule has 2 nitrogen and oxygen atoms in total. The van der Waals surface area contributed by atoms with E-state index in [0.717, 1.165) is 15.6 Å². The van der Waals surface area contributed by atoms with Crippen LogP contribution in [0.15, 0.2) is 23.6 Å². The standard InChI is InChI=1S/C11H8O2S/c12-9-5-10(13)8-4-11-6(1-2-14-11)3-7(8)9/h1-4,10,13H,5H2. The highest BCUT2D eigenvalue weighted by Crippen LogP contribution is 2.35. The van der Waals surface area contributed by atoms with Crippen LogP contribution in [0.25, 0.3) is 10.1 Å². The molecule has 3 rings (SSSR count). The van der Waals surface area contributed by atoms with Crippen LogP contribution in [0.1, 0.15) is 28.4 Å². The quantitative estimate of drug-likeness (QED) is 0.716. The van der Waals surface area contributed by atoms with Gasteiger partial charge in [-0.15, -0.1) is 11.3 Å². The normalized spacial score (nSPS) is 20.4. The van der Waals surface area contributed by atoms with Crippen LogP contribution in [0.3, 0.4) is 0 Å². The lowest BCUT2D eigenvalue weighted by Crippen LogP contribution is -1.90. The van der Waals surface area contributed by atoms with Crippen molar-refractivity contribution in [3.05, 3.63) is 34.7 Å². The molecule has 1 aliphatic rings. The van der Waals surface area contributed by atoms with Gasteiger partial charge in [-0.3, -0.25) is 4.79 Å². The summed E-state index contributed by atoms with van der Waals surface area (Å²) in [6.07, 6.45) is -0.351. The number of aliphatic hydroxyl groups is 1. The maximum absolute atomic E-state index is 11.5. The van der Waals surface area contributed by atoms with Gasteiger partial charge in [-0.05, 0) is 34.5 Å². The molecular formula is C11H8O2S. The molecule has 14 heavy (non-hydrogen) atoms. The lowest BCUT2D eigenvalue weighted by atomic mass is 10.1. The predicted octanol–water partition coefficient (Wildman–Crippen LogP) is 2.52. The molecule has 1 aromatic carbocycles. The van der Waals surface area contributed by atoms with Gasteiger partial charge in [0, 0.05) is 16.7 Å². The van der Waals surface area contributed by atoms with E-state index in [0.29, 0.717) is 5.56 Å². The van der Waals surface area contributed by atoms with Crippen LogP contribution in [0.2, 0.25) is 0 Å². The number of ketones is 1. The predicted molar refractivity (Wildman–Crippen MR) is 55.7 cm³/mol. The zero-order valence-electron chi connectivity index (χ0n) is 7.36. The Morgan fingerprint density at radius 3 is 3.14 bits per heavy atom. The number of aliphatic hydroxyl groups excluding tert-OH is 1. The van der Waals surface area contributed by atoms with Crippen molar-refractivity contribution in [1.82, 2.24) is 0 Å². The summed E-state index contributed by atoms with van der Waals surface area (Å²) < 4.78 is 1.14. The number of hydrogen-bond acceptors (Lipinski definition) is 3. The Morgan fingerprint density at radius 1 is 1.43 bits per heavy atom. The van der Waals surface area contributed by atoms with E-state index in [9.17, 15) is 9.90 Å². The van der Waals surface area contributed by atoms with E-state index in [1.54, 1.807) is 11.3 Å². The van der Waals surface area contributed by atoms with E-state index in [1.165, 1.54) is 0 Å². The first-order chi connectivity index (χ1) is 6.75. The summed E-state index contributed by atoms with van der Waals surface area (Å²) in [5.74, 6) is 0.0561. The molecule has 1 aliphatic carbocycles. The van der Waals surface area contributed by atoms with Crippen molar-refractivity contribution in [2.24, 2.45) is 0 Å². The van der Waals surface area contributed by atoms with E-state index in [2.05, 4.69) is 0 Å². The average molecular weight is 204 g/mol. The molecule has 70 valence electrons. The maximum Gasteiger partial charge on any atom is 0.166 e. The molecule has 0 amide bonds. The summed E-state index contributed by atoms with van der Waals surface area (Å²) in [6, 6.07) is 5.82. The largest absolute Gasteiger partial charge is 0.388 e. The summed E-state index contributed by atoms with van der Waals surface area (Å²) in [7, 11) is 0. The van der Waals surface area contributed by atoms with Gasteiger partial charge < -0.3 is 5.11 Å². The Kier molecular flexibility index (Phi) is 1.54. The molecule has 0 aliphatic heterocycles. The first kappa shape index (κ1) is 8.15. The number of thiophene rings is 1. The zero-order valence-corrected chi connectivity index (χ0v) is 8.17. The second-order valence-corrected chi connectivity index (χ2v) is 4.49. The molecule has 0 radical (unpaired) electrons. The number of benzene rings is 1. The Labute approximate surface area is 84.8 Å². The van der Waals surface area contributed by atoms with Crippen molar-refractivity contribution in [3.8, 4) is 0 Å². The number of Topliss-reactive ketones (excluding diaryl/α,β-unsaturated/α-hetero) is 1. The summed E-state index contributed by atoms with van der Waals surface area (Å²) in [5, 5.41) is 12.7. The van der Waals surface area contributed by atoms with Crippen molar-refractivity contribution in [2.75, 3.05) is 0 Å². The van der Waals surface area contributed by atoms with Gasteiger partial charge in [0.25, 0.3) is 0 Å². The Morgan fingerprint density at radius 2 is 2.29 bits per heavy atom. The smallest absolute Gasteiger partial charge is 0.166 e. The lowest BCUT2D eigenvalue weighted by Gasteiger charge is -2.01. The minimum Gasteiger partial charge on any atom is -0.388 e. The topological polar surface area (TPSA) is 37.3 Å². The summed E-state index contributed by atoms with van der Waals surface area (Å²) >= 11 is 1.63. The molecule has 1 N–H and O–H groups in total. The van der Waals surface area contributed by atoms with Gasteiger partial charge in [0.2, 0.25) is 0 Å². The maximum atomic E-state index is 11.5. The summed E-state index contributed by atoms with van der Waals surface area (Å²) in [6.45, 7) is 0. The van der Waals surface area contributed by atoms with Gasteiger partial charge in [0.05, 0.1) is 6.10 Å². The van der Waals surface area contributed by atoms with E-state index < -0.39 is 6.10 Å².